The molecule has 0 saturated carbocycles. The van der Waals surface area contributed by atoms with Gasteiger partial charge in [0, 0.05) is 31.1 Å². The van der Waals surface area contributed by atoms with Gasteiger partial charge in [-0.25, -0.2) is 4.39 Å². The van der Waals surface area contributed by atoms with E-state index in [1.54, 1.807) is 31.2 Å². The van der Waals surface area contributed by atoms with E-state index in [-0.39, 0.29) is 23.9 Å². The topological polar surface area (TPSA) is 62.2 Å². The van der Waals surface area contributed by atoms with Gasteiger partial charge in [-0.3, -0.25) is 9.29 Å². The summed E-state index contributed by atoms with van der Waals surface area (Å²) in [7, 11) is 0. The summed E-state index contributed by atoms with van der Waals surface area (Å²) in [6, 6.07) is 19.3. The maximum Gasteiger partial charge on any atom is 0.176 e. The van der Waals surface area contributed by atoms with Gasteiger partial charge in [0.1, 0.15) is 30.5 Å². The van der Waals surface area contributed by atoms with Crippen LogP contribution in [-0.4, -0.2) is 54.6 Å². The van der Waals surface area contributed by atoms with Gasteiger partial charge in [0.2, 0.25) is 0 Å². The maximum absolute atomic E-state index is 14.1. The van der Waals surface area contributed by atoms with Gasteiger partial charge in [-0.2, -0.15) is 0 Å². The van der Waals surface area contributed by atoms with Gasteiger partial charge in [-0.15, -0.1) is 0 Å². The Hall–Kier alpha value is -3.58. The molecule has 0 aromatic heterocycles. The highest BCUT2D eigenvalue weighted by Gasteiger charge is 2.26. The van der Waals surface area contributed by atoms with E-state index in [1.165, 1.54) is 6.07 Å². The van der Waals surface area contributed by atoms with Crippen LogP contribution in [0.25, 0.3) is 11.1 Å². The van der Waals surface area contributed by atoms with Crippen molar-refractivity contribution in [3.05, 3.63) is 83.7 Å². The Morgan fingerprint density at radius 3 is 2.51 bits per heavy atom. The molecule has 5 rings (SSSR count). The number of fused-ring (bicyclic) bond motifs is 1. The summed E-state index contributed by atoms with van der Waals surface area (Å²) in [6.07, 6.45) is 0. The minimum Gasteiger partial charge on any atom is -0.508 e. The smallest absolute Gasteiger partial charge is 0.176 e. The molecule has 3 aromatic rings. The van der Waals surface area contributed by atoms with Gasteiger partial charge in [0.15, 0.2) is 11.6 Å². The molecule has 0 bridgehead atoms. The summed E-state index contributed by atoms with van der Waals surface area (Å²) >= 11 is 0. The second kappa shape index (κ2) is 11.2. The first-order chi connectivity index (χ1) is 17.0. The van der Waals surface area contributed by atoms with Gasteiger partial charge >= 0.3 is 0 Å². The van der Waals surface area contributed by atoms with E-state index in [9.17, 15) is 19.0 Å². The van der Waals surface area contributed by atoms with Crippen molar-refractivity contribution in [2.75, 3.05) is 39.5 Å². The lowest BCUT2D eigenvalue weighted by atomic mass is 9.93. The first-order valence-electron chi connectivity index (χ1n) is 11.6. The molecule has 0 unspecified atom stereocenters. The number of phenols is 2. The number of hydrogen-bond donors (Lipinski definition) is 2. The van der Waals surface area contributed by atoms with Crippen molar-refractivity contribution in [3.8, 4) is 23.0 Å². The van der Waals surface area contributed by atoms with Crippen LogP contribution < -0.4 is 9.47 Å². The van der Waals surface area contributed by atoms with Gasteiger partial charge in [0.05, 0.1) is 12.2 Å². The Bertz CT molecular complexity index is 1180. The van der Waals surface area contributed by atoms with Crippen LogP contribution in [0.1, 0.15) is 18.1 Å². The zero-order valence-corrected chi connectivity index (χ0v) is 19.6. The number of allylic oxidation sites excluding steroid dienone is 1. The number of nitrogens with zero attached hydrogens (tertiary/aromatic N) is 1. The highest BCUT2D eigenvalue weighted by Crippen LogP contribution is 2.41. The Morgan fingerprint density at radius 2 is 1.80 bits per heavy atom. The molecular formula is C28H29F2NO4. The fourth-order valence-corrected chi connectivity index (χ4v) is 4.19. The van der Waals surface area contributed by atoms with E-state index >= 15 is 0 Å². The van der Waals surface area contributed by atoms with Crippen molar-refractivity contribution in [2.24, 2.45) is 5.92 Å². The number of aromatic hydroxyl groups is 2. The molecular weight excluding hydrogens is 452 g/mol. The SMILES string of the molecule is CC1=C(c2cccc(O)c2)COc2ccc(O)c(F)c21.FCC1CN(CCOc2ccccc2)C1. The van der Waals surface area contributed by atoms with E-state index in [2.05, 4.69) is 4.90 Å². The summed E-state index contributed by atoms with van der Waals surface area (Å²) in [5.74, 6) is 0.648. The van der Waals surface area contributed by atoms with Crippen LogP contribution >= 0.6 is 0 Å². The standard InChI is InChI=1S/C16H13FO3.C12H16FNO/c1-9-12(10-3-2-4-11(18)7-10)8-20-14-6-5-13(19)16(17)15(9)14;13-8-11-9-14(10-11)6-7-15-12-4-2-1-3-5-12/h2-7,18-19H,8H2,1H3;1-5,11H,6-10H2. The van der Waals surface area contributed by atoms with Gasteiger partial charge < -0.3 is 19.7 Å². The fraction of sp³-hybridized carbons (Fsp3) is 0.286. The third-order valence-corrected chi connectivity index (χ3v) is 6.15. The quantitative estimate of drug-likeness (QED) is 0.485. The van der Waals surface area contributed by atoms with Crippen LogP contribution in [0.4, 0.5) is 8.78 Å². The summed E-state index contributed by atoms with van der Waals surface area (Å²) in [5.41, 5.74) is 2.54. The predicted octanol–water partition coefficient (Wildman–Crippen LogP) is 5.53. The molecule has 1 saturated heterocycles. The lowest BCUT2D eigenvalue weighted by Gasteiger charge is -2.37. The summed E-state index contributed by atoms with van der Waals surface area (Å²) < 4.78 is 37.3. The van der Waals surface area contributed by atoms with Gasteiger partial charge in [-0.1, -0.05) is 30.3 Å². The first kappa shape index (κ1) is 24.5. The Morgan fingerprint density at radius 1 is 1.03 bits per heavy atom. The molecule has 184 valence electrons. The second-order valence-electron chi connectivity index (χ2n) is 8.66. The molecule has 2 heterocycles. The summed E-state index contributed by atoms with van der Waals surface area (Å²) in [4.78, 5) is 2.22. The average molecular weight is 482 g/mol. The summed E-state index contributed by atoms with van der Waals surface area (Å²) in [6.45, 7) is 5.24. The molecule has 35 heavy (non-hydrogen) atoms. The van der Waals surface area contributed by atoms with Crippen LogP contribution in [-0.2, 0) is 0 Å². The van der Waals surface area contributed by atoms with Gasteiger partial charge in [-0.05, 0) is 54.5 Å². The number of ether oxygens (including phenoxy) is 2. The van der Waals surface area contributed by atoms with Crippen molar-refractivity contribution >= 4 is 11.1 Å². The zero-order chi connectivity index (χ0) is 24.8. The Kier molecular flexibility index (Phi) is 7.87. The highest BCUT2D eigenvalue weighted by molar-refractivity contribution is 5.94. The molecule has 7 heteroatoms. The van der Waals surface area contributed by atoms with E-state index in [4.69, 9.17) is 9.47 Å². The summed E-state index contributed by atoms with van der Waals surface area (Å²) in [5, 5.41) is 19.0. The molecule has 0 amide bonds. The normalized spacial score (nSPS) is 15.4. The van der Waals surface area contributed by atoms with Crippen molar-refractivity contribution < 1.29 is 28.5 Å². The fourth-order valence-electron chi connectivity index (χ4n) is 4.19. The number of hydrogen-bond acceptors (Lipinski definition) is 5. The number of phenolic OH excluding ortho intramolecular Hbond substituents is 2. The number of para-hydroxylation sites is 1. The molecule has 2 aliphatic heterocycles. The Labute approximate surface area is 203 Å². The largest absolute Gasteiger partial charge is 0.508 e. The van der Waals surface area contributed by atoms with E-state index in [0.29, 0.717) is 24.5 Å². The van der Waals surface area contributed by atoms with E-state index in [1.807, 2.05) is 36.4 Å². The third-order valence-electron chi connectivity index (χ3n) is 6.15. The minimum absolute atomic E-state index is 0.143. The number of alkyl halides is 1. The number of benzene rings is 3. The minimum atomic E-state index is -0.683. The van der Waals surface area contributed by atoms with Crippen LogP contribution in [0.5, 0.6) is 23.0 Å². The molecule has 2 aliphatic rings. The second-order valence-corrected chi connectivity index (χ2v) is 8.66. The zero-order valence-electron chi connectivity index (χ0n) is 19.6. The molecule has 0 spiro atoms. The van der Waals surface area contributed by atoms with Crippen LogP contribution in [0.2, 0.25) is 0 Å². The molecule has 5 nitrogen and oxygen atoms in total. The molecule has 3 aromatic carbocycles. The molecule has 0 radical (unpaired) electrons. The molecule has 1 fully saturated rings. The van der Waals surface area contributed by atoms with Crippen molar-refractivity contribution in [1.82, 2.24) is 4.90 Å². The van der Waals surface area contributed by atoms with Crippen molar-refractivity contribution in [3.63, 3.8) is 0 Å². The monoisotopic (exact) mass is 481 g/mol. The first-order valence-corrected chi connectivity index (χ1v) is 11.6. The van der Waals surface area contributed by atoms with Crippen LogP contribution in [0.3, 0.4) is 0 Å². The average Bonchev–Trinajstić information content (AvgIpc) is 2.84. The van der Waals surface area contributed by atoms with Crippen molar-refractivity contribution in [2.45, 2.75) is 6.92 Å². The van der Waals surface area contributed by atoms with Crippen molar-refractivity contribution in [1.29, 1.82) is 0 Å². The lowest BCUT2D eigenvalue weighted by Crippen LogP contribution is -2.49. The van der Waals surface area contributed by atoms with Gasteiger partial charge in [0.25, 0.3) is 0 Å². The third kappa shape index (κ3) is 5.92. The van der Waals surface area contributed by atoms with Crippen LogP contribution in [0, 0.1) is 11.7 Å². The van der Waals surface area contributed by atoms with E-state index < -0.39 is 11.6 Å². The number of likely N-dealkylation sites (tertiary alicyclic amines) is 1. The lowest BCUT2D eigenvalue weighted by molar-refractivity contribution is 0.0668. The molecule has 2 N–H and O–H groups in total. The van der Waals surface area contributed by atoms with E-state index in [0.717, 1.165) is 36.5 Å². The number of rotatable bonds is 6. The highest BCUT2D eigenvalue weighted by atomic mass is 19.1. The Balaban J connectivity index is 0.000000172. The van der Waals surface area contributed by atoms with Crippen LogP contribution in [0.15, 0.2) is 66.7 Å². The molecule has 0 atom stereocenters. The molecule has 0 aliphatic carbocycles. The maximum atomic E-state index is 14.1. The predicted molar refractivity (Wildman–Crippen MR) is 132 cm³/mol. The number of halogens is 2.